The average Bonchev–Trinajstić information content (AvgIpc) is 3.11. The van der Waals surface area contributed by atoms with Crippen LogP contribution >= 0.6 is 0 Å². The van der Waals surface area contributed by atoms with Gasteiger partial charge in [0, 0.05) is 12.0 Å². The second kappa shape index (κ2) is 10.9. The van der Waals surface area contributed by atoms with Gasteiger partial charge in [0.05, 0.1) is 5.69 Å². The molecule has 0 fully saturated rings. The third kappa shape index (κ3) is 5.43. The van der Waals surface area contributed by atoms with Crippen LogP contribution in [0.2, 0.25) is 0 Å². The van der Waals surface area contributed by atoms with Gasteiger partial charge in [0.15, 0.2) is 5.78 Å². The summed E-state index contributed by atoms with van der Waals surface area (Å²) in [5, 5.41) is 19.7. The van der Waals surface area contributed by atoms with Crippen molar-refractivity contribution in [3.8, 4) is 5.88 Å². The second-order valence-electron chi connectivity index (χ2n) is 8.30. The number of nitrogens with one attached hydrogen (secondary N) is 2. The van der Waals surface area contributed by atoms with E-state index in [0.29, 0.717) is 12.0 Å². The van der Waals surface area contributed by atoms with E-state index < -0.39 is 29.3 Å². The lowest BCUT2D eigenvalue weighted by Crippen LogP contribution is -2.38. The van der Waals surface area contributed by atoms with Crippen LogP contribution in [0.1, 0.15) is 53.5 Å². The molecule has 0 saturated carbocycles. The number of aromatic nitrogens is 2. The molecular weight excluding hydrogens is 441 g/mol. The van der Waals surface area contributed by atoms with Crippen molar-refractivity contribution in [3.05, 3.63) is 87.2 Å². The zero-order chi connectivity index (χ0) is 24.8. The molecule has 0 aliphatic heterocycles. The fraction of sp³-hybridized carbons (Fsp3) is 0.320. The molecule has 180 valence electrons. The van der Waals surface area contributed by atoms with E-state index in [2.05, 4.69) is 4.98 Å². The van der Waals surface area contributed by atoms with Gasteiger partial charge in [-0.15, -0.1) is 0 Å². The highest BCUT2D eigenvalue weighted by atomic mass is 19.1. The molecule has 0 aliphatic rings. The van der Waals surface area contributed by atoms with Crippen molar-refractivity contribution < 1.29 is 24.3 Å². The average molecular weight is 470 g/mol. The molecule has 2 unspecified atom stereocenters. The van der Waals surface area contributed by atoms with Crippen molar-refractivity contribution in [2.45, 2.75) is 45.6 Å². The number of rotatable bonds is 10. The fourth-order valence-corrected chi connectivity index (χ4v) is 3.91. The zero-order valence-electron chi connectivity index (χ0n) is 19.0. The topological polar surface area (TPSA) is 124 Å². The van der Waals surface area contributed by atoms with E-state index in [1.54, 1.807) is 13.0 Å². The molecular formula is C25H28FN3O5. The molecule has 0 spiro atoms. The summed E-state index contributed by atoms with van der Waals surface area (Å²) in [5.41, 5.74) is 2.40. The predicted octanol–water partition coefficient (Wildman–Crippen LogP) is 3.32. The summed E-state index contributed by atoms with van der Waals surface area (Å²) in [5.74, 6) is -2.36. The SMILES string of the molecule is CCC(C)C(C(=O)NO)n1c(O)c(CCc2ccc(C(=O)Cc3ccccc3)cc2F)[nH]c1=O. The quantitative estimate of drug-likeness (QED) is 0.206. The van der Waals surface area contributed by atoms with Crippen molar-refractivity contribution in [1.82, 2.24) is 15.0 Å². The lowest BCUT2D eigenvalue weighted by atomic mass is 9.98. The predicted molar refractivity (Wildman–Crippen MR) is 123 cm³/mol. The Hall–Kier alpha value is -3.72. The molecule has 1 heterocycles. The number of halogens is 1. The lowest BCUT2D eigenvalue weighted by Gasteiger charge is -2.22. The number of nitrogens with zero attached hydrogens (tertiary/aromatic N) is 1. The third-order valence-corrected chi connectivity index (χ3v) is 6.04. The maximum Gasteiger partial charge on any atom is 0.329 e. The minimum absolute atomic E-state index is 0.0935. The Morgan fingerprint density at radius 2 is 1.85 bits per heavy atom. The maximum atomic E-state index is 14.7. The third-order valence-electron chi connectivity index (χ3n) is 6.04. The second-order valence-corrected chi connectivity index (χ2v) is 8.30. The number of hydrogen-bond acceptors (Lipinski definition) is 5. The van der Waals surface area contributed by atoms with Gasteiger partial charge in [0.1, 0.15) is 11.9 Å². The summed E-state index contributed by atoms with van der Waals surface area (Å²) in [6, 6.07) is 12.3. The van der Waals surface area contributed by atoms with Crippen LogP contribution in [-0.2, 0) is 24.1 Å². The van der Waals surface area contributed by atoms with Gasteiger partial charge in [-0.05, 0) is 36.0 Å². The van der Waals surface area contributed by atoms with E-state index in [0.717, 1.165) is 10.1 Å². The van der Waals surface area contributed by atoms with Gasteiger partial charge >= 0.3 is 5.69 Å². The number of hydroxylamine groups is 1. The molecule has 34 heavy (non-hydrogen) atoms. The van der Waals surface area contributed by atoms with Crippen LogP contribution in [0.4, 0.5) is 4.39 Å². The number of Topliss-reactive ketones (excluding diaryl/α,β-unsaturated/α-hetero) is 1. The monoisotopic (exact) mass is 469 g/mol. The van der Waals surface area contributed by atoms with Crippen LogP contribution in [0.5, 0.6) is 5.88 Å². The van der Waals surface area contributed by atoms with E-state index in [4.69, 9.17) is 5.21 Å². The van der Waals surface area contributed by atoms with Gasteiger partial charge in [-0.25, -0.2) is 14.7 Å². The Kier molecular flexibility index (Phi) is 8.01. The van der Waals surface area contributed by atoms with Gasteiger partial charge in [0.2, 0.25) is 5.88 Å². The number of amides is 1. The van der Waals surface area contributed by atoms with Crippen molar-refractivity contribution in [1.29, 1.82) is 0 Å². The molecule has 0 radical (unpaired) electrons. The number of ketones is 1. The van der Waals surface area contributed by atoms with Crippen molar-refractivity contribution in [2.75, 3.05) is 0 Å². The van der Waals surface area contributed by atoms with Crippen LogP contribution in [0.3, 0.4) is 0 Å². The van der Waals surface area contributed by atoms with E-state index in [-0.39, 0.29) is 42.2 Å². The van der Waals surface area contributed by atoms with Crippen LogP contribution in [0.25, 0.3) is 0 Å². The number of imidazole rings is 1. The molecule has 4 N–H and O–H groups in total. The summed E-state index contributed by atoms with van der Waals surface area (Å²) in [6.07, 6.45) is 0.926. The molecule has 0 saturated heterocycles. The Balaban J connectivity index is 1.75. The van der Waals surface area contributed by atoms with Crippen molar-refractivity contribution in [2.24, 2.45) is 5.92 Å². The molecule has 2 atom stereocenters. The summed E-state index contributed by atoms with van der Waals surface area (Å²) >= 11 is 0. The standard InChI is InChI=1S/C25H28FN3O5/c1-3-15(2)22(23(31)28-34)29-24(32)20(27-25(29)33)12-11-17-9-10-18(14-19(17)26)21(30)13-16-7-5-4-6-8-16/h4-10,14-15,22,32,34H,3,11-13H2,1-2H3,(H,27,33)(H,28,31). The molecule has 1 aromatic heterocycles. The summed E-state index contributed by atoms with van der Waals surface area (Å²) in [6.45, 7) is 3.53. The maximum absolute atomic E-state index is 14.7. The van der Waals surface area contributed by atoms with Crippen LogP contribution in [-0.4, -0.2) is 31.6 Å². The van der Waals surface area contributed by atoms with Gasteiger partial charge in [0.25, 0.3) is 5.91 Å². The van der Waals surface area contributed by atoms with Gasteiger partial charge < -0.3 is 10.1 Å². The van der Waals surface area contributed by atoms with Crippen molar-refractivity contribution in [3.63, 3.8) is 0 Å². The largest absolute Gasteiger partial charge is 0.493 e. The van der Waals surface area contributed by atoms with E-state index in [1.807, 2.05) is 37.3 Å². The highest BCUT2D eigenvalue weighted by Crippen LogP contribution is 2.27. The molecule has 3 rings (SSSR count). The number of aryl methyl sites for hydroxylation is 2. The van der Waals surface area contributed by atoms with Gasteiger partial charge in [-0.3, -0.25) is 19.4 Å². The first-order valence-corrected chi connectivity index (χ1v) is 11.1. The number of carbonyl (C=O) groups excluding carboxylic acids is 2. The number of carbonyl (C=O) groups is 2. The van der Waals surface area contributed by atoms with Gasteiger partial charge in [-0.2, -0.15) is 0 Å². The van der Waals surface area contributed by atoms with E-state index >= 15 is 0 Å². The first-order chi connectivity index (χ1) is 16.3. The fourth-order valence-electron chi connectivity index (χ4n) is 3.91. The number of H-pyrrole nitrogens is 1. The molecule has 0 bridgehead atoms. The van der Waals surface area contributed by atoms with Crippen LogP contribution in [0.15, 0.2) is 53.3 Å². The lowest BCUT2D eigenvalue weighted by molar-refractivity contribution is -0.134. The Morgan fingerprint density at radius 1 is 1.15 bits per heavy atom. The summed E-state index contributed by atoms with van der Waals surface area (Å²) in [4.78, 5) is 39.6. The van der Waals surface area contributed by atoms with Crippen molar-refractivity contribution >= 4 is 11.7 Å². The highest BCUT2D eigenvalue weighted by molar-refractivity contribution is 5.97. The highest BCUT2D eigenvalue weighted by Gasteiger charge is 2.31. The van der Waals surface area contributed by atoms with E-state index in [1.165, 1.54) is 17.6 Å². The van der Waals surface area contributed by atoms with Gasteiger partial charge in [-0.1, -0.05) is 62.7 Å². The van der Waals surface area contributed by atoms with E-state index in [9.17, 15) is 23.9 Å². The normalized spacial score (nSPS) is 12.8. The van der Waals surface area contributed by atoms with Crippen LogP contribution < -0.4 is 11.2 Å². The molecule has 2 aromatic carbocycles. The zero-order valence-corrected chi connectivity index (χ0v) is 19.0. The Labute approximate surface area is 196 Å². The summed E-state index contributed by atoms with van der Waals surface area (Å²) in [7, 11) is 0. The molecule has 1 amide bonds. The first kappa shape index (κ1) is 24.9. The smallest absolute Gasteiger partial charge is 0.329 e. The summed E-state index contributed by atoms with van der Waals surface area (Å²) < 4.78 is 15.6. The number of aromatic hydroxyl groups is 1. The molecule has 3 aromatic rings. The minimum atomic E-state index is -1.11. The number of hydrogen-bond donors (Lipinski definition) is 4. The Morgan fingerprint density at radius 3 is 2.47 bits per heavy atom. The molecule has 9 heteroatoms. The first-order valence-electron chi connectivity index (χ1n) is 11.1. The number of aromatic amines is 1. The number of benzene rings is 2. The Bertz CT molecular complexity index is 1220. The minimum Gasteiger partial charge on any atom is -0.493 e. The molecule has 0 aliphatic carbocycles. The van der Waals surface area contributed by atoms with Crippen LogP contribution in [0, 0.1) is 11.7 Å². The molecule has 8 nitrogen and oxygen atoms in total.